The lowest BCUT2D eigenvalue weighted by Crippen LogP contribution is -1.93. The zero-order valence-corrected chi connectivity index (χ0v) is 8.23. The Morgan fingerprint density at radius 1 is 1.46 bits per heavy atom. The minimum absolute atomic E-state index is 0.396. The van der Waals surface area contributed by atoms with Crippen LogP contribution in [0.15, 0.2) is 36.0 Å². The van der Waals surface area contributed by atoms with Crippen molar-refractivity contribution < 1.29 is 4.74 Å². The van der Waals surface area contributed by atoms with E-state index in [1.807, 2.05) is 0 Å². The summed E-state index contributed by atoms with van der Waals surface area (Å²) in [5.74, 6) is 0.651. The molecule has 1 nitrogen and oxygen atoms in total. The highest BCUT2D eigenvalue weighted by molar-refractivity contribution is 5.33. The zero-order valence-electron chi connectivity index (χ0n) is 8.23. The number of epoxide rings is 1. The molecule has 1 heteroatoms. The van der Waals surface area contributed by atoms with Crippen LogP contribution >= 0.6 is 0 Å². The van der Waals surface area contributed by atoms with Crippen molar-refractivity contribution in [2.24, 2.45) is 5.92 Å². The maximum absolute atomic E-state index is 5.35. The fourth-order valence-corrected chi connectivity index (χ4v) is 1.52. The van der Waals surface area contributed by atoms with Crippen molar-refractivity contribution in [3.05, 3.63) is 36.0 Å². The molecule has 0 saturated carbocycles. The minimum Gasteiger partial charge on any atom is -0.361 e. The molecule has 0 aromatic carbocycles. The smallest absolute Gasteiger partial charge is 0.107 e. The van der Waals surface area contributed by atoms with E-state index in [2.05, 4.69) is 44.2 Å². The first kappa shape index (κ1) is 8.76. The van der Waals surface area contributed by atoms with Gasteiger partial charge in [-0.1, -0.05) is 38.2 Å². The Balaban J connectivity index is 1.85. The van der Waals surface area contributed by atoms with E-state index in [9.17, 15) is 0 Å². The molecule has 0 N–H and O–H groups in total. The van der Waals surface area contributed by atoms with Crippen molar-refractivity contribution in [1.82, 2.24) is 0 Å². The summed E-state index contributed by atoms with van der Waals surface area (Å²) >= 11 is 0. The first-order chi connectivity index (χ1) is 6.25. The van der Waals surface area contributed by atoms with Gasteiger partial charge in [0.25, 0.3) is 0 Å². The third-order valence-corrected chi connectivity index (χ3v) is 2.31. The van der Waals surface area contributed by atoms with Gasteiger partial charge >= 0.3 is 0 Å². The van der Waals surface area contributed by atoms with Gasteiger partial charge in [0.1, 0.15) is 12.2 Å². The average Bonchev–Trinajstić information content (AvgIpc) is 2.81. The first-order valence-electron chi connectivity index (χ1n) is 4.97. The monoisotopic (exact) mass is 176 g/mol. The van der Waals surface area contributed by atoms with E-state index in [-0.39, 0.29) is 0 Å². The van der Waals surface area contributed by atoms with Crippen LogP contribution in [0.25, 0.3) is 0 Å². The summed E-state index contributed by atoms with van der Waals surface area (Å²) in [6.07, 6.45) is 12.9. The van der Waals surface area contributed by atoms with E-state index in [1.165, 1.54) is 5.57 Å². The second-order valence-corrected chi connectivity index (χ2v) is 4.04. The largest absolute Gasteiger partial charge is 0.361 e. The fourth-order valence-electron chi connectivity index (χ4n) is 1.52. The van der Waals surface area contributed by atoms with E-state index < -0.39 is 0 Å². The molecule has 0 aromatic heterocycles. The summed E-state index contributed by atoms with van der Waals surface area (Å²) in [5.41, 5.74) is 1.38. The van der Waals surface area contributed by atoms with Gasteiger partial charge in [-0.25, -0.2) is 0 Å². The van der Waals surface area contributed by atoms with Gasteiger partial charge in [-0.15, -0.1) is 0 Å². The maximum Gasteiger partial charge on any atom is 0.107 e. The summed E-state index contributed by atoms with van der Waals surface area (Å²) < 4.78 is 5.35. The molecule has 0 radical (unpaired) electrons. The van der Waals surface area contributed by atoms with E-state index in [4.69, 9.17) is 4.74 Å². The SMILES string of the molecule is CC(C)C=CCC1=CC2OC2C=C1. The summed E-state index contributed by atoms with van der Waals surface area (Å²) in [6, 6.07) is 0. The average molecular weight is 176 g/mol. The molecule has 0 amide bonds. The highest BCUT2D eigenvalue weighted by Crippen LogP contribution is 2.31. The standard InChI is InChI=1S/C12H16O/c1-9(2)4-3-5-10-6-7-11-12(8-10)13-11/h3-4,6-9,11-12H,5H2,1-2H3. The molecule has 1 saturated heterocycles. The van der Waals surface area contributed by atoms with Crippen LogP contribution in [0, 0.1) is 5.92 Å². The van der Waals surface area contributed by atoms with Crippen molar-refractivity contribution >= 4 is 0 Å². The van der Waals surface area contributed by atoms with Crippen LogP contribution in [0.3, 0.4) is 0 Å². The topological polar surface area (TPSA) is 12.5 Å². The fraction of sp³-hybridized carbons (Fsp3) is 0.500. The Hall–Kier alpha value is -0.820. The van der Waals surface area contributed by atoms with Gasteiger partial charge in [0.15, 0.2) is 0 Å². The highest BCUT2D eigenvalue weighted by atomic mass is 16.6. The Bertz CT molecular complexity index is 271. The van der Waals surface area contributed by atoms with Gasteiger partial charge in [0.2, 0.25) is 0 Å². The lowest BCUT2D eigenvalue weighted by Gasteiger charge is -2.00. The molecule has 2 aliphatic rings. The van der Waals surface area contributed by atoms with Gasteiger partial charge in [-0.2, -0.15) is 0 Å². The van der Waals surface area contributed by atoms with Crippen molar-refractivity contribution in [3.63, 3.8) is 0 Å². The van der Waals surface area contributed by atoms with Gasteiger partial charge in [-0.05, 0) is 24.0 Å². The lowest BCUT2D eigenvalue weighted by atomic mass is 10.0. The number of fused-ring (bicyclic) bond motifs is 1. The Morgan fingerprint density at radius 3 is 3.00 bits per heavy atom. The predicted octanol–water partition coefficient (Wildman–Crippen LogP) is 2.85. The third kappa shape index (κ3) is 2.31. The molecule has 0 bridgehead atoms. The second-order valence-electron chi connectivity index (χ2n) is 4.04. The van der Waals surface area contributed by atoms with E-state index >= 15 is 0 Å². The lowest BCUT2D eigenvalue weighted by molar-refractivity contribution is 0.414. The van der Waals surface area contributed by atoms with Crippen molar-refractivity contribution in [2.75, 3.05) is 0 Å². The molecule has 2 rings (SSSR count). The summed E-state index contributed by atoms with van der Waals surface area (Å²) in [6.45, 7) is 4.39. The second kappa shape index (κ2) is 3.51. The normalized spacial score (nSPS) is 30.8. The van der Waals surface area contributed by atoms with E-state index in [0.717, 1.165) is 6.42 Å². The van der Waals surface area contributed by atoms with Crippen LogP contribution in [0.2, 0.25) is 0 Å². The van der Waals surface area contributed by atoms with Crippen LogP contribution in [0.4, 0.5) is 0 Å². The van der Waals surface area contributed by atoms with Crippen molar-refractivity contribution in [3.8, 4) is 0 Å². The predicted molar refractivity (Wildman–Crippen MR) is 54.5 cm³/mol. The first-order valence-corrected chi connectivity index (χ1v) is 4.97. The molecule has 1 aliphatic carbocycles. The van der Waals surface area contributed by atoms with E-state index in [1.54, 1.807) is 0 Å². The van der Waals surface area contributed by atoms with Gasteiger partial charge in [-0.3, -0.25) is 0 Å². The number of hydrogen-bond donors (Lipinski definition) is 0. The molecule has 1 heterocycles. The van der Waals surface area contributed by atoms with Crippen molar-refractivity contribution in [2.45, 2.75) is 32.5 Å². The third-order valence-electron chi connectivity index (χ3n) is 2.31. The molecule has 1 fully saturated rings. The van der Waals surface area contributed by atoms with Crippen molar-refractivity contribution in [1.29, 1.82) is 0 Å². The Labute approximate surface area is 79.8 Å². The molecule has 2 atom stereocenters. The summed E-state index contributed by atoms with van der Waals surface area (Å²) in [5, 5.41) is 0. The molecular formula is C12H16O. The van der Waals surface area contributed by atoms with Gasteiger partial charge in [0, 0.05) is 0 Å². The maximum atomic E-state index is 5.35. The minimum atomic E-state index is 0.396. The molecule has 0 aromatic rings. The molecule has 13 heavy (non-hydrogen) atoms. The number of hydrogen-bond acceptors (Lipinski definition) is 1. The van der Waals surface area contributed by atoms with Gasteiger partial charge < -0.3 is 4.74 Å². The van der Waals surface area contributed by atoms with E-state index in [0.29, 0.717) is 18.1 Å². The Kier molecular flexibility index (Phi) is 2.36. The number of ether oxygens (including phenoxy) is 1. The van der Waals surface area contributed by atoms with Crippen LogP contribution in [-0.2, 0) is 4.74 Å². The molecule has 0 spiro atoms. The Morgan fingerprint density at radius 2 is 2.31 bits per heavy atom. The highest BCUT2D eigenvalue weighted by Gasteiger charge is 2.36. The summed E-state index contributed by atoms with van der Waals surface area (Å²) in [7, 11) is 0. The summed E-state index contributed by atoms with van der Waals surface area (Å²) in [4.78, 5) is 0. The van der Waals surface area contributed by atoms with Crippen LogP contribution in [0.1, 0.15) is 20.3 Å². The number of rotatable bonds is 3. The van der Waals surface area contributed by atoms with Crippen LogP contribution < -0.4 is 0 Å². The molecule has 2 unspecified atom stereocenters. The molecule has 70 valence electrons. The number of allylic oxidation sites excluding steroid dienone is 4. The molecular weight excluding hydrogens is 160 g/mol. The van der Waals surface area contributed by atoms with Crippen LogP contribution in [-0.4, -0.2) is 12.2 Å². The quantitative estimate of drug-likeness (QED) is 0.476. The molecule has 1 aliphatic heterocycles. The zero-order chi connectivity index (χ0) is 9.26. The van der Waals surface area contributed by atoms with Gasteiger partial charge in [0.05, 0.1) is 0 Å². The van der Waals surface area contributed by atoms with Crippen LogP contribution in [0.5, 0.6) is 0 Å².